The molecule has 0 bridgehead atoms. The second kappa shape index (κ2) is 7.44. The first kappa shape index (κ1) is 17.7. The number of hydrogen-bond donors (Lipinski definition) is 2. The van der Waals surface area contributed by atoms with Crippen LogP contribution in [0.3, 0.4) is 0 Å². The lowest BCUT2D eigenvalue weighted by atomic mass is 10.1. The Bertz CT molecular complexity index is 858. The van der Waals surface area contributed by atoms with Crippen LogP contribution >= 0.6 is 12.2 Å². The normalized spacial score (nSPS) is 13.0. The number of nitrogens with zero attached hydrogens (tertiary/aromatic N) is 1. The van der Waals surface area contributed by atoms with Gasteiger partial charge >= 0.3 is 0 Å². The van der Waals surface area contributed by atoms with Gasteiger partial charge in [-0.3, -0.25) is 10.1 Å². The topological polar surface area (TPSA) is 94.9 Å². The number of non-ortho nitro benzene ring substituents is 1. The summed E-state index contributed by atoms with van der Waals surface area (Å²) in [6.45, 7) is 2.18. The molecule has 0 aromatic heterocycles. The summed E-state index contributed by atoms with van der Waals surface area (Å²) < 4.78 is 15.9. The number of nitro groups is 1. The van der Waals surface area contributed by atoms with Crippen LogP contribution in [0.4, 0.5) is 11.4 Å². The van der Waals surface area contributed by atoms with Crippen LogP contribution in [0.1, 0.15) is 18.5 Å². The number of fused-ring (bicyclic) bond motifs is 1. The summed E-state index contributed by atoms with van der Waals surface area (Å²) >= 11 is 5.34. The number of methoxy groups -OCH3 is 1. The largest absolute Gasteiger partial charge is 0.494 e. The lowest BCUT2D eigenvalue weighted by Gasteiger charge is -2.18. The molecule has 0 radical (unpaired) electrons. The molecule has 1 atom stereocenters. The third-order valence-corrected chi connectivity index (χ3v) is 4.11. The smallest absolute Gasteiger partial charge is 0.273 e. The van der Waals surface area contributed by atoms with Gasteiger partial charge in [0.1, 0.15) is 5.75 Å². The van der Waals surface area contributed by atoms with E-state index >= 15 is 0 Å². The van der Waals surface area contributed by atoms with Crippen LogP contribution in [0.15, 0.2) is 36.4 Å². The van der Waals surface area contributed by atoms with Crippen molar-refractivity contribution in [1.82, 2.24) is 5.32 Å². The van der Waals surface area contributed by atoms with Crippen LogP contribution < -0.4 is 24.8 Å². The van der Waals surface area contributed by atoms with Crippen molar-refractivity contribution < 1.29 is 19.1 Å². The Morgan fingerprint density at radius 1 is 1.27 bits per heavy atom. The number of rotatable bonds is 5. The Hall–Kier alpha value is -3.07. The van der Waals surface area contributed by atoms with Crippen LogP contribution in [-0.4, -0.2) is 23.9 Å². The molecule has 0 fully saturated rings. The van der Waals surface area contributed by atoms with Crippen LogP contribution in [-0.2, 0) is 0 Å². The van der Waals surface area contributed by atoms with Crippen LogP contribution in [0.5, 0.6) is 17.2 Å². The molecule has 2 aromatic rings. The molecule has 0 amide bonds. The zero-order valence-corrected chi connectivity index (χ0v) is 15.0. The molecular weight excluding hydrogens is 358 g/mol. The Labute approximate surface area is 155 Å². The summed E-state index contributed by atoms with van der Waals surface area (Å²) in [7, 11) is 1.44. The van der Waals surface area contributed by atoms with E-state index in [4.69, 9.17) is 26.4 Å². The summed E-state index contributed by atoms with van der Waals surface area (Å²) in [5.74, 6) is 1.75. The van der Waals surface area contributed by atoms with Crippen molar-refractivity contribution in [1.29, 1.82) is 0 Å². The van der Waals surface area contributed by atoms with Crippen molar-refractivity contribution in [3.8, 4) is 17.2 Å². The fourth-order valence-electron chi connectivity index (χ4n) is 2.52. The maximum absolute atomic E-state index is 10.9. The van der Waals surface area contributed by atoms with E-state index in [1.54, 1.807) is 6.07 Å². The van der Waals surface area contributed by atoms with Crippen molar-refractivity contribution >= 4 is 28.7 Å². The van der Waals surface area contributed by atoms with E-state index in [1.807, 2.05) is 25.1 Å². The summed E-state index contributed by atoms with van der Waals surface area (Å²) in [5, 5.41) is 17.4. The molecular formula is C17H17N3O5S. The van der Waals surface area contributed by atoms with Crippen LogP contribution in [0, 0.1) is 10.1 Å². The molecule has 0 saturated carbocycles. The van der Waals surface area contributed by atoms with Crippen molar-refractivity contribution in [3.05, 3.63) is 52.1 Å². The second-order valence-electron chi connectivity index (χ2n) is 5.57. The molecule has 1 aliphatic rings. The second-order valence-corrected chi connectivity index (χ2v) is 5.98. The molecule has 2 aromatic carbocycles. The van der Waals surface area contributed by atoms with Gasteiger partial charge in [-0.25, -0.2) is 0 Å². The molecule has 1 heterocycles. The van der Waals surface area contributed by atoms with E-state index in [0.717, 1.165) is 11.3 Å². The van der Waals surface area contributed by atoms with Gasteiger partial charge in [-0.15, -0.1) is 0 Å². The number of anilines is 1. The van der Waals surface area contributed by atoms with Gasteiger partial charge in [-0.2, -0.15) is 0 Å². The molecule has 8 nitrogen and oxygen atoms in total. The maximum atomic E-state index is 10.9. The lowest BCUT2D eigenvalue weighted by Crippen LogP contribution is -2.31. The van der Waals surface area contributed by atoms with Gasteiger partial charge in [-0.05, 0) is 42.9 Å². The third-order valence-electron chi connectivity index (χ3n) is 3.89. The number of ether oxygens (including phenoxy) is 3. The molecule has 1 aliphatic heterocycles. The summed E-state index contributed by atoms with van der Waals surface area (Å²) in [5.41, 5.74) is 1.46. The number of thiocarbonyl (C=S) groups is 1. The van der Waals surface area contributed by atoms with Crippen molar-refractivity contribution in [2.24, 2.45) is 0 Å². The third kappa shape index (κ3) is 3.77. The standard InChI is InChI=1S/C17H17N3O5S/c1-10(11-3-6-14-16(7-11)25-9-24-14)18-17(26)19-13-5-4-12(20(21)22)8-15(13)23-2/h3-8,10H,9H2,1-2H3,(H2,18,19,26)/t10-/m1/s1. The van der Waals surface area contributed by atoms with E-state index in [2.05, 4.69) is 10.6 Å². The van der Waals surface area contributed by atoms with Crippen molar-refractivity contribution in [2.75, 3.05) is 19.2 Å². The van der Waals surface area contributed by atoms with Gasteiger partial charge in [0.2, 0.25) is 6.79 Å². The SMILES string of the molecule is COc1cc([N+](=O)[O-])ccc1NC(=S)N[C@H](C)c1ccc2c(c1)OCO2. The van der Waals surface area contributed by atoms with Crippen LogP contribution in [0.25, 0.3) is 0 Å². The average molecular weight is 375 g/mol. The Morgan fingerprint density at radius 2 is 2.04 bits per heavy atom. The molecule has 26 heavy (non-hydrogen) atoms. The van der Waals surface area contributed by atoms with Crippen LogP contribution in [0.2, 0.25) is 0 Å². The van der Waals surface area contributed by atoms with E-state index in [9.17, 15) is 10.1 Å². The highest BCUT2D eigenvalue weighted by molar-refractivity contribution is 7.80. The summed E-state index contributed by atoms with van der Waals surface area (Å²) in [6.07, 6.45) is 0. The Balaban J connectivity index is 1.68. The average Bonchev–Trinajstić information content (AvgIpc) is 3.09. The lowest BCUT2D eigenvalue weighted by molar-refractivity contribution is -0.384. The summed E-state index contributed by atoms with van der Waals surface area (Å²) in [6, 6.07) is 9.87. The number of nitro benzene ring substituents is 1. The minimum Gasteiger partial charge on any atom is -0.494 e. The molecule has 0 unspecified atom stereocenters. The first-order chi connectivity index (χ1) is 12.5. The highest BCUT2D eigenvalue weighted by Gasteiger charge is 2.17. The predicted molar refractivity (Wildman–Crippen MR) is 100.0 cm³/mol. The quantitative estimate of drug-likeness (QED) is 0.467. The van der Waals surface area contributed by atoms with Gasteiger partial charge in [0, 0.05) is 6.07 Å². The first-order valence-corrected chi connectivity index (χ1v) is 8.18. The molecule has 0 spiro atoms. The fourth-order valence-corrected chi connectivity index (χ4v) is 2.80. The van der Waals surface area contributed by atoms with E-state index in [1.165, 1.54) is 19.2 Å². The zero-order chi connectivity index (χ0) is 18.7. The highest BCUT2D eigenvalue weighted by Crippen LogP contribution is 2.34. The van der Waals surface area contributed by atoms with E-state index in [-0.39, 0.29) is 18.5 Å². The minimum atomic E-state index is -0.482. The molecule has 136 valence electrons. The molecule has 0 aliphatic carbocycles. The van der Waals surface area contributed by atoms with Gasteiger partial charge in [0.25, 0.3) is 5.69 Å². The van der Waals surface area contributed by atoms with Crippen molar-refractivity contribution in [2.45, 2.75) is 13.0 Å². The fraction of sp³-hybridized carbons (Fsp3) is 0.235. The highest BCUT2D eigenvalue weighted by atomic mass is 32.1. The Kier molecular flexibility index (Phi) is 5.08. The van der Waals surface area contributed by atoms with Gasteiger partial charge < -0.3 is 24.8 Å². The zero-order valence-electron chi connectivity index (χ0n) is 14.1. The van der Waals surface area contributed by atoms with Gasteiger partial charge in [0.15, 0.2) is 16.6 Å². The number of nitrogens with one attached hydrogen (secondary N) is 2. The van der Waals surface area contributed by atoms with Crippen molar-refractivity contribution in [3.63, 3.8) is 0 Å². The molecule has 2 N–H and O–H groups in total. The molecule has 9 heteroatoms. The number of hydrogen-bond acceptors (Lipinski definition) is 6. The van der Waals surface area contributed by atoms with E-state index in [0.29, 0.717) is 22.3 Å². The van der Waals surface area contributed by atoms with E-state index < -0.39 is 4.92 Å². The molecule has 0 saturated heterocycles. The van der Waals surface area contributed by atoms with Gasteiger partial charge in [0.05, 0.1) is 29.8 Å². The van der Waals surface area contributed by atoms with Gasteiger partial charge in [-0.1, -0.05) is 6.07 Å². The summed E-state index contributed by atoms with van der Waals surface area (Å²) in [4.78, 5) is 10.4. The molecule has 3 rings (SSSR count). The monoisotopic (exact) mass is 375 g/mol. The number of benzene rings is 2. The first-order valence-electron chi connectivity index (χ1n) is 7.77. The maximum Gasteiger partial charge on any atom is 0.273 e. The predicted octanol–water partition coefficient (Wildman–Crippen LogP) is 3.38. The minimum absolute atomic E-state index is 0.0556. The Morgan fingerprint density at radius 3 is 2.77 bits per heavy atom.